The average molecular weight is 458 g/mol. The fraction of sp³-hybridized carbons (Fsp3) is 1.00. The van der Waals surface area contributed by atoms with Gasteiger partial charge < -0.3 is 76.0 Å². The van der Waals surface area contributed by atoms with E-state index in [0.29, 0.717) is 0 Å². The summed E-state index contributed by atoms with van der Waals surface area (Å²) in [6.45, 7) is 0. The molecule has 29 heavy (non-hydrogen) atoms. The van der Waals surface area contributed by atoms with Crippen LogP contribution in [-0.2, 0) is 4.57 Å². The average Bonchev–Trinajstić information content (AvgIpc) is 2.64. The van der Waals surface area contributed by atoms with Crippen LogP contribution >= 0.6 is 7.82 Å². The van der Waals surface area contributed by atoms with E-state index in [1.165, 1.54) is 0 Å². The summed E-state index contributed by atoms with van der Waals surface area (Å²) in [5.41, 5.74) is 0. The molecule has 0 radical (unpaired) electrons. The Morgan fingerprint density at radius 3 is 0.379 bits per heavy atom. The van der Waals surface area contributed by atoms with Crippen molar-refractivity contribution in [1.82, 2.24) is 0 Å². The molecule has 2 rings (SSSR count). The number of aliphatic hydroxyl groups is 12. The van der Waals surface area contributed by atoms with Crippen molar-refractivity contribution in [2.24, 2.45) is 0 Å². The zero-order valence-corrected chi connectivity index (χ0v) is 15.4. The molecule has 0 bridgehead atoms. The maximum atomic E-state index is 8.97. The topological polar surface area (TPSA) is 321 Å². The Morgan fingerprint density at radius 1 is 0.310 bits per heavy atom. The van der Waals surface area contributed by atoms with E-state index >= 15 is 0 Å². The minimum atomic E-state index is -4.64. The highest BCUT2D eigenvalue weighted by Gasteiger charge is 2.48. The summed E-state index contributed by atoms with van der Waals surface area (Å²) in [4.78, 5) is 21.6. The highest BCUT2D eigenvalue weighted by molar-refractivity contribution is 7.45. The fourth-order valence-corrected chi connectivity index (χ4v) is 2.42. The number of hydrogen-bond acceptors (Lipinski definition) is 13. The molecule has 2 aliphatic carbocycles. The van der Waals surface area contributed by atoms with Crippen molar-refractivity contribution >= 4 is 7.82 Å². The van der Waals surface area contributed by atoms with Crippen molar-refractivity contribution in [3.63, 3.8) is 0 Å². The van der Waals surface area contributed by atoms with Gasteiger partial charge in [0.1, 0.15) is 73.2 Å². The largest absolute Gasteiger partial charge is 0.466 e. The van der Waals surface area contributed by atoms with Crippen LogP contribution in [0.15, 0.2) is 0 Å². The summed E-state index contributed by atoms with van der Waals surface area (Å²) in [5.74, 6) is 0. The summed E-state index contributed by atoms with van der Waals surface area (Å²) >= 11 is 0. The minimum absolute atomic E-state index is 1.64. The third-order valence-corrected chi connectivity index (χ3v) is 4.20. The zero-order chi connectivity index (χ0) is 23.4. The van der Waals surface area contributed by atoms with Crippen molar-refractivity contribution in [3.8, 4) is 0 Å². The van der Waals surface area contributed by atoms with Crippen LogP contribution in [0.3, 0.4) is 0 Å². The molecule has 0 unspecified atom stereocenters. The minimum Gasteiger partial charge on any atom is -0.387 e. The van der Waals surface area contributed by atoms with E-state index in [-0.39, 0.29) is 0 Å². The first-order valence-electron chi connectivity index (χ1n) is 7.88. The Morgan fingerprint density at radius 2 is 0.345 bits per heavy atom. The second kappa shape index (κ2) is 11.3. The Kier molecular flexibility index (Phi) is 11.2. The molecule has 0 spiro atoms. The van der Waals surface area contributed by atoms with Crippen LogP contribution in [0.5, 0.6) is 0 Å². The fourth-order valence-electron chi connectivity index (χ4n) is 2.42. The molecule has 15 N–H and O–H groups in total. The van der Waals surface area contributed by atoms with Crippen LogP contribution in [0.2, 0.25) is 0 Å². The van der Waals surface area contributed by atoms with Gasteiger partial charge in [0.05, 0.1) is 0 Å². The summed E-state index contributed by atoms with van der Waals surface area (Å²) in [5, 5.41) is 108. The molecule has 0 saturated heterocycles. The Labute approximate surface area is 162 Å². The molecule has 2 saturated carbocycles. The smallest absolute Gasteiger partial charge is 0.387 e. The van der Waals surface area contributed by atoms with Gasteiger partial charge in [-0.25, -0.2) is 4.57 Å². The molecule has 2 fully saturated rings. The first-order valence-corrected chi connectivity index (χ1v) is 9.45. The lowest BCUT2D eigenvalue weighted by Gasteiger charge is -2.39. The highest BCUT2D eigenvalue weighted by atomic mass is 31.2. The number of rotatable bonds is 0. The molecule has 0 aromatic rings. The van der Waals surface area contributed by atoms with E-state index in [4.69, 9.17) is 80.5 Å². The lowest BCUT2D eigenvalue weighted by Crippen LogP contribution is -2.63. The van der Waals surface area contributed by atoms with E-state index in [9.17, 15) is 0 Å². The molecular weight excluding hydrogens is 431 g/mol. The molecule has 16 nitrogen and oxygen atoms in total. The molecule has 176 valence electrons. The summed E-state index contributed by atoms with van der Waals surface area (Å²) < 4.78 is 8.88. The normalized spacial score (nSPS) is 48.0. The maximum Gasteiger partial charge on any atom is 0.466 e. The standard InChI is InChI=1S/2C6H12O6.H3O4P/c2*7-1-2(8)4(10)6(12)5(11)3(1)9;1-5(2,3)4/h2*1-12H;(H3,1,2,3,4). The van der Waals surface area contributed by atoms with Gasteiger partial charge in [-0.05, 0) is 0 Å². The molecule has 2 aliphatic rings. The predicted octanol–water partition coefficient (Wildman–Crippen LogP) is -8.60. The van der Waals surface area contributed by atoms with E-state index in [1.54, 1.807) is 0 Å². The van der Waals surface area contributed by atoms with Gasteiger partial charge in [0, 0.05) is 0 Å². The molecule has 0 aliphatic heterocycles. The highest BCUT2D eigenvalue weighted by Crippen LogP contribution is 2.26. The number of phosphoric acid groups is 1. The lowest BCUT2D eigenvalue weighted by molar-refractivity contribution is -0.223. The zero-order valence-electron chi connectivity index (χ0n) is 14.5. The lowest BCUT2D eigenvalue weighted by atomic mass is 9.85. The SMILES string of the molecule is O=P(O)(O)O.OC1C(O)C(O)C(O)C(O)C1O.OC1C(O)C(O)C(O)C(O)C1O. The molecule has 0 heterocycles. The third-order valence-electron chi connectivity index (χ3n) is 4.20. The van der Waals surface area contributed by atoms with E-state index < -0.39 is 81.1 Å². The van der Waals surface area contributed by atoms with Crippen molar-refractivity contribution in [3.05, 3.63) is 0 Å². The van der Waals surface area contributed by atoms with E-state index in [1.807, 2.05) is 0 Å². The monoisotopic (exact) mass is 458 g/mol. The maximum absolute atomic E-state index is 8.97. The van der Waals surface area contributed by atoms with Crippen molar-refractivity contribution < 1.29 is 80.5 Å². The number of hydrogen-bond donors (Lipinski definition) is 15. The second-order valence-electron chi connectivity index (χ2n) is 6.40. The van der Waals surface area contributed by atoms with Crippen LogP contribution in [0, 0.1) is 0 Å². The van der Waals surface area contributed by atoms with Crippen LogP contribution in [0.25, 0.3) is 0 Å². The summed E-state index contributed by atoms with van der Waals surface area (Å²) in [7, 11) is -4.64. The van der Waals surface area contributed by atoms with Gasteiger partial charge in [-0.3, -0.25) is 0 Å². The molecular formula is C12H27O16P. The van der Waals surface area contributed by atoms with Gasteiger partial charge in [0.2, 0.25) is 0 Å². The van der Waals surface area contributed by atoms with Crippen LogP contribution < -0.4 is 0 Å². The van der Waals surface area contributed by atoms with Crippen molar-refractivity contribution in [2.75, 3.05) is 0 Å². The van der Waals surface area contributed by atoms with Crippen LogP contribution in [-0.4, -0.2) is 149 Å². The van der Waals surface area contributed by atoms with Gasteiger partial charge in [0.15, 0.2) is 0 Å². The van der Waals surface area contributed by atoms with Gasteiger partial charge in [-0.1, -0.05) is 0 Å². The summed E-state index contributed by atoms with van der Waals surface area (Å²) in [6.07, 6.45) is -19.7. The number of aliphatic hydroxyl groups excluding tert-OH is 12. The molecule has 0 aromatic carbocycles. The summed E-state index contributed by atoms with van der Waals surface area (Å²) in [6, 6.07) is 0. The molecule has 0 atom stereocenters. The third kappa shape index (κ3) is 8.00. The predicted molar refractivity (Wildman–Crippen MR) is 86.3 cm³/mol. The second-order valence-corrected chi connectivity index (χ2v) is 7.43. The Hall–Kier alpha value is -0.370. The van der Waals surface area contributed by atoms with Crippen molar-refractivity contribution in [1.29, 1.82) is 0 Å². The van der Waals surface area contributed by atoms with Crippen LogP contribution in [0.1, 0.15) is 0 Å². The van der Waals surface area contributed by atoms with Crippen molar-refractivity contribution in [2.45, 2.75) is 73.2 Å². The molecule has 0 amide bonds. The van der Waals surface area contributed by atoms with Gasteiger partial charge in [-0.2, -0.15) is 0 Å². The molecule has 0 aromatic heterocycles. The van der Waals surface area contributed by atoms with E-state index in [0.717, 1.165) is 0 Å². The van der Waals surface area contributed by atoms with Crippen LogP contribution in [0.4, 0.5) is 0 Å². The Balaban J connectivity index is 0.000000442. The van der Waals surface area contributed by atoms with Gasteiger partial charge >= 0.3 is 7.82 Å². The Bertz CT molecular complexity index is 369. The molecule has 17 heteroatoms. The van der Waals surface area contributed by atoms with Gasteiger partial charge in [-0.15, -0.1) is 0 Å². The van der Waals surface area contributed by atoms with E-state index in [2.05, 4.69) is 0 Å². The first kappa shape index (κ1) is 28.6. The van der Waals surface area contributed by atoms with Gasteiger partial charge in [0.25, 0.3) is 0 Å². The first-order chi connectivity index (χ1) is 12.9. The quantitative estimate of drug-likeness (QED) is 0.150.